The monoisotopic (exact) mass is 507 g/mol. The van der Waals surface area contributed by atoms with E-state index in [-0.39, 0.29) is 31.2 Å². The smallest absolute Gasteiger partial charge is 0.408 e. The van der Waals surface area contributed by atoms with Gasteiger partial charge in [-0.1, -0.05) is 19.9 Å². The molecule has 202 valence electrons. The second kappa shape index (κ2) is 13.7. The van der Waals surface area contributed by atoms with E-state index in [0.717, 1.165) is 0 Å². The minimum absolute atomic E-state index is 0.0191. The van der Waals surface area contributed by atoms with Crippen molar-refractivity contribution >= 4 is 23.9 Å². The van der Waals surface area contributed by atoms with Gasteiger partial charge in [0.05, 0.1) is 13.0 Å². The lowest BCUT2D eigenvalue weighted by Gasteiger charge is -2.32. The Hall–Kier alpha value is -3.30. The summed E-state index contributed by atoms with van der Waals surface area (Å²) in [7, 11) is 1.48. The SMILES string of the molecule is CCOC(=O)CCNC(=O)C(c1ccc(O)c(C)c1)N(C)C(=O)C(CC(C)C)NC(=O)OC(C)(C)C. The molecule has 0 bridgehead atoms. The number of hydrogen-bond acceptors (Lipinski definition) is 7. The zero-order valence-electron chi connectivity index (χ0n) is 22.6. The van der Waals surface area contributed by atoms with Gasteiger partial charge in [-0.15, -0.1) is 0 Å². The summed E-state index contributed by atoms with van der Waals surface area (Å²) in [4.78, 5) is 52.2. The summed E-state index contributed by atoms with van der Waals surface area (Å²) in [6, 6.07) is 2.62. The fraction of sp³-hybridized carbons (Fsp3) is 0.615. The lowest BCUT2D eigenvalue weighted by atomic mass is 9.98. The highest BCUT2D eigenvalue weighted by atomic mass is 16.6. The van der Waals surface area contributed by atoms with Crippen LogP contribution in [-0.4, -0.2) is 65.7 Å². The van der Waals surface area contributed by atoms with Crippen LogP contribution in [0.2, 0.25) is 0 Å². The van der Waals surface area contributed by atoms with Crippen LogP contribution in [0.25, 0.3) is 0 Å². The van der Waals surface area contributed by atoms with Gasteiger partial charge in [0.1, 0.15) is 23.4 Å². The highest BCUT2D eigenvalue weighted by Gasteiger charge is 2.34. The number of phenolic OH excluding ortho intramolecular Hbond substituents is 1. The van der Waals surface area contributed by atoms with E-state index in [1.165, 1.54) is 18.0 Å². The minimum atomic E-state index is -1.07. The van der Waals surface area contributed by atoms with E-state index in [0.29, 0.717) is 17.5 Å². The van der Waals surface area contributed by atoms with Crippen molar-refractivity contribution in [2.24, 2.45) is 5.92 Å². The largest absolute Gasteiger partial charge is 0.508 e. The molecule has 0 fully saturated rings. The quantitative estimate of drug-likeness (QED) is 0.392. The van der Waals surface area contributed by atoms with Crippen LogP contribution in [-0.2, 0) is 23.9 Å². The van der Waals surface area contributed by atoms with Crippen LogP contribution in [0, 0.1) is 12.8 Å². The third-order valence-electron chi connectivity index (χ3n) is 5.15. The number of rotatable bonds is 11. The summed E-state index contributed by atoms with van der Waals surface area (Å²) in [6.45, 7) is 12.6. The molecule has 3 N–H and O–H groups in total. The van der Waals surface area contributed by atoms with Crippen LogP contribution in [0.3, 0.4) is 0 Å². The summed E-state index contributed by atoms with van der Waals surface area (Å²) in [5.41, 5.74) is 0.255. The Balaban J connectivity index is 3.23. The third kappa shape index (κ3) is 10.1. The van der Waals surface area contributed by atoms with E-state index < -0.39 is 41.6 Å². The molecule has 1 aromatic carbocycles. The Labute approximate surface area is 213 Å². The van der Waals surface area contributed by atoms with Gasteiger partial charge in [-0.3, -0.25) is 14.4 Å². The van der Waals surface area contributed by atoms with Crippen LogP contribution in [0.5, 0.6) is 5.75 Å². The molecule has 1 aromatic rings. The highest BCUT2D eigenvalue weighted by molar-refractivity contribution is 5.92. The molecule has 1 rings (SSSR count). The number of likely N-dealkylation sites (N-methyl/N-ethyl adjacent to an activating group) is 1. The van der Waals surface area contributed by atoms with Gasteiger partial charge in [-0.2, -0.15) is 0 Å². The lowest BCUT2D eigenvalue weighted by molar-refractivity contribution is -0.143. The summed E-state index contributed by atoms with van der Waals surface area (Å²) in [5.74, 6) is -1.32. The molecule has 3 amide bonds. The number of amides is 3. The number of hydrogen-bond donors (Lipinski definition) is 3. The van der Waals surface area contributed by atoms with Crippen molar-refractivity contribution < 1.29 is 33.8 Å². The molecule has 0 aromatic heterocycles. The summed E-state index contributed by atoms with van der Waals surface area (Å²) in [6.07, 6.45) is -0.422. The number of carbonyl (C=O) groups excluding carboxylic acids is 4. The van der Waals surface area contributed by atoms with Crippen LogP contribution in [0.15, 0.2) is 18.2 Å². The number of carbonyl (C=O) groups is 4. The van der Waals surface area contributed by atoms with E-state index in [1.54, 1.807) is 46.8 Å². The number of nitrogens with one attached hydrogen (secondary N) is 2. The van der Waals surface area contributed by atoms with Crippen LogP contribution in [0.1, 0.15) is 71.6 Å². The number of alkyl carbamates (subject to hydrolysis) is 1. The van der Waals surface area contributed by atoms with Crippen molar-refractivity contribution in [2.45, 2.75) is 79.0 Å². The van der Waals surface area contributed by atoms with Gasteiger partial charge < -0.3 is 30.1 Å². The molecule has 0 aliphatic carbocycles. The number of benzene rings is 1. The minimum Gasteiger partial charge on any atom is -0.508 e. The van der Waals surface area contributed by atoms with Gasteiger partial charge in [0.15, 0.2) is 0 Å². The van der Waals surface area contributed by atoms with Gasteiger partial charge in [0.25, 0.3) is 0 Å². The van der Waals surface area contributed by atoms with Gasteiger partial charge in [-0.05, 0) is 70.2 Å². The molecule has 10 nitrogen and oxygen atoms in total. The molecule has 0 aliphatic rings. The van der Waals surface area contributed by atoms with E-state index in [1.807, 2.05) is 13.8 Å². The summed E-state index contributed by atoms with van der Waals surface area (Å²) < 4.78 is 10.2. The number of phenols is 1. The van der Waals surface area contributed by atoms with E-state index in [4.69, 9.17) is 9.47 Å². The predicted octanol–water partition coefficient (Wildman–Crippen LogP) is 3.21. The molecule has 0 spiro atoms. The Kier molecular flexibility index (Phi) is 11.7. The van der Waals surface area contributed by atoms with Gasteiger partial charge in [0.2, 0.25) is 11.8 Å². The number of aromatic hydroxyl groups is 1. The van der Waals surface area contributed by atoms with Crippen LogP contribution < -0.4 is 10.6 Å². The van der Waals surface area contributed by atoms with Crippen molar-refractivity contribution in [3.63, 3.8) is 0 Å². The molecule has 36 heavy (non-hydrogen) atoms. The fourth-order valence-corrected chi connectivity index (χ4v) is 3.53. The summed E-state index contributed by atoms with van der Waals surface area (Å²) >= 11 is 0. The molecule has 0 aliphatic heterocycles. The Morgan fingerprint density at radius 3 is 2.31 bits per heavy atom. The normalized spacial score (nSPS) is 12.9. The number of esters is 1. The summed E-state index contributed by atoms with van der Waals surface area (Å²) in [5, 5.41) is 15.3. The average Bonchev–Trinajstić information content (AvgIpc) is 2.73. The van der Waals surface area contributed by atoms with Gasteiger partial charge >= 0.3 is 12.1 Å². The molecule has 0 saturated heterocycles. The highest BCUT2D eigenvalue weighted by Crippen LogP contribution is 2.26. The average molecular weight is 508 g/mol. The second-order valence-electron chi connectivity index (χ2n) is 10.1. The molecule has 0 heterocycles. The number of aryl methyl sites for hydroxylation is 1. The predicted molar refractivity (Wildman–Crippen MR) is 135 cm³/mol. The van der Waals surface area contributed by atoms with Crippen molar-refractivity contribution in [2.75, 3.05) is 20.2 Å². The molecular weight excluding hydrogens is 466 g/mol. The molecule has 0 radical (unpaired) electrons. The number of nitrogens with zero attached hydrogens (tertiary/aromatic N) is 1. The Morgan fingerprint density at radius 2 is 1.78 bits per heavy atom. The molecule has 2 atom stereocenters. The zero-order valence-corrected chi connectivity index (χ0v) is 22.6. The molecular formula is C26H41N3O7. The maximum atomic E-state index is 13.6. The third-order valence-corrected chi connectivity index (χ3v) is 5.15. The maximum absolute atomic E-state index is 13.6. The van der Waals surface area contributed by atoms with Crippen LogP contribution in [0.4, 0.5) is 4.79 Å². The molecule has 0 saturated carbocycles. The van der Waals surface area contributed by atoms with E-state index >= 15 is 0 Å². The van der Waals surface area contributed by atoms with Crippen molar-refractivity contribution in [1.82, 2.24) is 15.5 Å². The van der Waals surface area contributed by atoms with Crippen molar-refractivity contribution in [3.05, 3.63) is 29.3 Å². The standard InChI is InChI=1S/C26H41N3O7/c1-9-35-21(31)12-13-27-23(32)22(18-10-11-20(30)17(4)15-18)29(8)24(33)19(14-16(2)3)28-25(34)36-26(5,6)7/h10-11,15-16,19,22,30H,9,12-14H2,1-8H3,(H,27,32)(H,28,34). The van der Waals surface area contributed by atoms with Crippen molar-refractivity contribution in [1.29, 1.82) is 0 Å². The lowest BCUT2D eigenvalue weighted by Crippen LogP contribution is -2.52. The fourth-order valence-electron chi connectivity index (χ4n) is 3.53. The topological polar surface area (TPSA) is 134 Å². The molecule has 10 heteroatoms. The Morgan fingerprint density at radius 1 is 1.14 bits per heavy atom. The zero-order chi connectivity index (χ0) is 27.6. The Bertz CT molecular complexity index is 925. The van der Waals surface area contributed by atoms with Gasteiger partial charge in [-0.25, -0.2) is 4.79 Å². The van der Waals surface area contributed by atoms with Crippen LogP contribution >= 0.6 is 0 Å². The number of ether oxygens (including phenoxy) is 2. The first-order valence-electron chi connectivity index (χ1n) is 12.1. The van der Waals surface area contributed by atoms with E-state index in [9.17, 15) is 24.3 Å². The van der Waals surface area contributed by atoms with Crippen molar-refractivity contribution in [3.8, 4) is 5.75 Å². The maximum Gasteiger partial charge on any atom is 0.408 e. The molecule has 2 unspecified atom stereocenters. The first-order chi connectivity index (χ1) is 16.7. The first-order valence-corrected chi connectivity index (χ1v) is 12.1. The van der Waals surface area contributed by atoms with Gasteiger partial charge in [0, 0.05) is 13.6 Å². The van der Waals surface area contributed by atoms with E-state index in [2.05, 4.69) is 10.6 Å². The second-order valence-corrected chi connectivity index (χ2v) is 10.1. The first kappa shape index (κ1) is 30.7.